The summed E-state index contributed by atoms with van der Waals surface area (Å²) in [7, 11) is -2.58. The Morgan fingerprint density at radius 1 is 1.10 bits per heavy atom. The van der Waals surface area contributed by atoms with Gasteiger partial charge in [-0.15, -0.1) is 0 Å². The van der Waals surface area contributed by atoms with E-state index < -0.39 is 39.1 Å². The molecule has 0 aliphatic carbocycles. The fraction of sp³-hybridized carbons (Fsp3) is 0.250. The topological polar surface area (TPSA) is 127 Å². The standard InChI is InChI=1S/C12H13O8P/c13-10(14)5-19-12(17)9-3-1-2-8(4-9)7-21(18)20-6-11(15)16/h1-4,21H,5-7H2,(H,13,14)(H,15,16). The minimum absolute atomic E-state index is 0.0298. The van der Waals surface area contributed by atoms with E-state index in [1.165, 1.54) is 18.2 Å². The minimum Gasteiger partial charge on any atom is -0.480 e. The molecule has 0 saturated carbocycles. The molecule has 0 aromatic heterocycles. The Morgan fingerprint density at radius 2 is 1.76 bits per heavy atom. The van der Waals surface area contributed by atoms with Gasteiger partial charge in [-0.05, 0) is 17.7 Å². The first kappa shape index (κ1) is 16.9. The highest BCUT2D eigenvalue weighted by atomic mass is 31.1. The highest BCUT2D eigenvalue weighted by Gasteiger charge is 2.11. The van der Waals surface area contributed by atoms with E-state index in [1.807, 2.05) is 0 Å². The maximum atomic E-state index is 11.5. The fourth-order valence-corrected chi connectivity index (χ4v) is 2.32. The second-order valence-corrected chi connectivity index (χ2v) is 5.29. The van der Waals surface area contributed by atoms with Crippen molar-refractivity contribution in [3.8, 4) is 0 Å². The molecule has 114 valence electrons. The van der Waals surface area contributed by atoms with Crippen molar-refractivity contribution in [3.63, 3.8) is 0 Å². The first-order chi connectivity index (χ1) is 9.88. The number of esters is 1. The Morgan fingerprint density at radius 3 is 2.38 bits per heavy atom. The van der Waals surface area contributed by atoms with E-state index in [0.29, 0.717) is 5.56 Å². The van der Waals surface area contributed by atoms with Crippen LogP contribution in [0.1, 0.15) is 15.9 Å². The largest absolute Gasteiger partial charge is 0.480 e. The lowest BCUT2D eigenvalue weighted by atomic mass is 10.1. The van der Waals surface area contributed by atoms with Crippen LogP contribution in [0.3, 0.4) is 0 Å². The van der Waals surface area contributed by atoms with Crippen molar-refractivity contribution in [2.45, 2.75) is 6.16 Å². The Labute approximate surface area is 120 Å². The van der Waals surface area contributed by atoms with Crippen LogP contribution in [0.2, 0.25) is 0 Å². The molecule has 0 radical (unpaired) electrons. The predicted molar refractivity (Wildman–Crippen MR) is 70.7 cm³/mol. The van der Waals surface area contributed by atoms with Crippen molar-refractivity contribution in [2.75, 3.05) is 13.2 Å². The molecule has 0 saturated heterocycles. The van der Waals surface area contributed by atoms with Crippen LogP contribution >= 0.6 is 8.03 Å². The van der Waals surface area contributed by atoms with Crippen molar-refractivity contribution in [1.82, 2.24) is 0 Å². The molecule has 9 heteroatoms. The maximum absolute atomic E-state index is 11.5. The van der Waals surface area contributed by atoms with E-state index in [1.54, 1.807) is 6.07 Å². The van der Waals surface area contributed by atoms with Gasteiger partial charge in [0.1, 0.15) is 0 Å². The number of aliphatic carboxylic acids is 2. The average molecular weight is 316 g/mol. The zero-order chi connectivity index (χ0) is 15.8. The van der Waals surface area contributed by atoms with E-state index in [4.69, 9.17) is 10.2 Å². The third-order valence-corrected chi connectivity index (χ3v) is 3.36. The number of ether oxygens (including phenoxy) is 1. The molecule has 0 aliphatic rings. The van der Waals surface area contributed by atoms with Gasteiger partial charge in [-0.3, -0.25) is 4.57 Å². The van der Waals surface area contributed by atoms with E-state index in [2.05, 4.69) is 9.26 Å². The van der Waals surface area contributed by atoms with Crippen LogP contribution in [0.5, 0.6) is 0 Å². The van der Waals surface area contributed by atoms with Crippen LogP contribution in [-0.4, -0.2) is 41.3 Å². The summed E-state index contributed by atoms with van der Waals surface area (Å²) in [4.78, 5) is 32.1. The highest BCUT2D eigenvalue weighted by Crippen LogP contribution is 2.28. The van der Waals surface area contributed by atoms with E-state index >= 15 is 0 Å². The van der Waals surface area contributed by atoms with Crippen LogP contribution in [-0.2, 0) is 29.6 Å². The van der Waals surface area contributed by atoms with Gasteiger partial charge in [0, 0.05) is 6.16 Å². The number of hydrogen-bond acceptors (Lipinski definition) is 6. The highest BCUT2D eigenvalue weighted by molar-refractivity contribution is 7.38. The van der Waals surface area contributed by atoms with E-state index in [0.717, 1.165) is 0 Å². The first-order valence-electron chi connectivity index (χ1n) is 5.73. The van der Waals surface area contributed by atoms with Gasteiger partial charge in [0.25, 0.3) is 0 Å². The van der Waals surface area contributed by atoms with Crippen LogP contribution in [0.4, 0.5) is 0 Å². The summed E-state index contributed by atoms with van der Waals surface area (Å²) in [6.45, 7) is -1.40. The van der Waals surface area contributed by atoms with E-state index in [9.17, 15) is 18.9 Å². The molecule has 0 bridgehead atoms. The second kappa shape index (κ2) is 8.18. The number of benzene rings is 1. The summed E-state index contributed by atoms with van der Waals surface area (Å²) >= 11 is 0. The molecule has 0 fully saturated rings. The van der Waals surface area contributed by atoms with Gasteiger partial charge in [0.15, 0.2) is 21.2 Å². The number of rotatable bonds is 8. The lowest BCUT2D eigenvalue weighted by Crippen LogP contribution is -2.13. The Hall–Kier alpha value is -2.18. The molecule has 0 aliphatic heterocycles. The van der Waals surface area contributed by atoms with Crippen LogP contribution in [0, 0.1) is 0 Å². The maximum Gasteiger partial charge on any atom is 0.341 e. The molecule has 0 heterocycles. The molecule has 1 unspecified atom stereocenters. The molecule has 1 aromatic carbocycles. The average Bonchev–Trinajstić information content (AvgIpc) is 2.42. The normalized spacial score (nSPS) is 11.6. The van der Waals surface area contributed by atoms with Gasteiger partial charge in [0.05, 0.1) is 5.56 Å². The second-order valence-electron chi connectivity index (χ2n) is 3.90. The van der Waals surface area contributed by atoms with Crippen molar-refractivity contribution >= 4 is 25.9 Å². The van der Waals surface area contributed by atoms with Gasteiger partial charge in [-0.2, -0.15) is 0 Å². The zero-order valence-corrected chi connectivity index (χ0v) is 11.8. The predicted octanol–water partition coefficient (Wildman–Crippen LogP) is 1.00. The minimum atomic E-state index is -2.58. The molecular weight excluding hydrogens is 303 g/mol. The molecule has 2 N–H and O–H groups in total. The third kappa shape index (κ3) is 6.69. The van der Waals surface area contributed by atoms with Gasteiger partial charge in [-0.1, -0.05) is 12.1 Å². The van der Waals surface area contributed by atoms with Gasteiger partial charge in [-0.25, -0.2) is 14.4 Å². The number of carbonyl (C=O) groups excluding carboxylic acids is 1. The molecule has 0 spiro atoms. The first-order valence-corrected chi connectivity index (χ1v) is 7.26. The number of hydrogen-bond donors (Lipinski definition) is 2. The van der Waals surface area contributed by atoms with E-state index in [-0.39, 0.29) is 11.7 Å². The van der Waals surface area contributed by atoms with Crippen LogP contribution in [0.15, 0.2) is 24.3 Å². The lowest BCUT2D eigenvalue weighted by molar-refractivity contribution is -0.140. The lowest BCUT2D eigenvalue weighted by Gasteiger charge is -2.05. The van der Waals surface area contributed by atoms with Crippen molar-refractivity contribution in [2.24, 2.45) is 0 Å². The Bertz CT molecular complexity index is 568. The van der Waals surface area contributed by atoms with Gasteiger partial charge in [0.2, 0.25) is 0 Å². The molecule has 1 atom stereocenters. The molecule has 0 amide bonds. The molecule has 8 nitrogen and oxygen atoms in total. The molecule has 21 heavy (non-hydrogen) atoms. The number of carboxylic acids is 2. The van der Waals surface area contributed by atoms with Crippen molar-refractivity contribution < 1.29 is 38.4 Å². The number of carboxylic acid groups (broad SMARTS) is 2. The summed E-state index contributed by atoms with van der Waals surface area (Å²) in [5.74, 6) is -3.31. The monoisotopic (exact) mass is 316 g/mol. The van der Waals surface area contributed by atoms with Crippen LogP contribution < -0.4 is 0 Å². The summed E-state index contributed by atoms with van der Waals surface area (Å²) < 4.78 is 20.7. The van der Waals surface area contributed by atoms with Gasteiger partial charge >= 0.3 is 17.9 Å². The quantitative estimate of drug-likeness (QED) is 0.537. The van der Waals surface area contributed by atoms with Gasteiger partial charge < -0.3 is 19.5 Å². The molecule has 1 rings (SSSR count). The Kier molecular flexibility index (Phi) is 6.58. The smallest absolute Gasteiger partial charge is 0.341 e. The van der Waals surface area contributed by atoms with Crippen molar-refractivity contribution in [3.05, 3.63) is 35.4 Å². The summed E-state index contributed by atoms with van der Waals surface area (Å²) in [5, 5.41) is 16.8. The number of carbonyl (C=O) groups is 3. The van der Waals surface area contributed by atoms with Crippen LogP contribution in [0.25, 0.3) is 0 Å². The van der Waals surface area contributed by atoms with Crippen molar-refractivity contribution in [1.29, 1.82) is 0 Å². The molecular formula is C12H13O8P. The summed E-state index contributed by atoms with van der Waals surface area (Å²) in [6, 6.07) is 5.90. The zero-order valence-electron chi connectivity index (χ0n) is 10.8. The fourth-order valence-electron chi connectivity index (χ4n) is 1.38. The third-order valence-electron chi connectivity index (χ3n) is 2.19. The summed E-state index contributed by atoms with van der Waals surface area (Å²) in [5.41, 5.74) is 0.607. The molecule has 1 aromatic rings. The summed E-state index contributed by atoms with van der Waals surface area (Å²) in [6.07, 6.45) is -0.0298. The Balaban J connectivity index is 2.63. The SMILES string of the molecule is O=C(O)COC(=O)c1cccc(C[PH](=O)OCC(=O)O)c1.